The minimum absolute atomic E-state index is 0.590. The van der Waals surface area contributed by atoms with Crippen LogP contribution >= 0.6 is 0 Å². The highest BCUT2D eigenvalue weighted by Crippen LogP contribution is 2.24. The van der Waals surface area contributed by atoms with Crippen molar-refractivity contribution in [1.82, 2.24) is 9.80 Å². The van der Waals surface area contributed by atoms with Gasteiger partial charge in [-0.1, -0.05) is 137 Å². The van der Waals surface area contributed by atoms with Crippen LogP contribution in [0.1, 0.15) is 150 Å². The fourth-order valence-electron chi connectivity index (χ4n) is 5.10. The minimum atomic E-state index is 0.590. The molecule has 184 valence electrons. The molecule has 0 fully saturated rings. The predicted octanol–water partition coefficient (Wildman–Crippen LogP) is 9.51. The summed E-state index contributed by atoms with van der Waals surface area (Å²) in [6.45, 7) is 11.9. The lowest BCUT2D eigenvalue weighted by molar-refractivity contribution is 0.104. The molecule has 1 rings (SSSR count). The normalized spacial score (nSPS) is 16.2. The smallest absolute Gasteiger partial charge is 0.103 e. The fraction of sp³-hybridized carbons (Fsp3) is 0.931. The van der Waals surface area contributed by atoms with Crippen LogP contribution in [0.4, 0.5) is 0 Å². The Morgan fingerprint density at radius 2 is 0.774 bits per heavy atom. The largest absolute Gasteiger partial charge is 0.356 e. The summed E-state index contributed by atoms with van der Waals surface area (Å²) >= 11 is 0. The average Bonchev–Trinajstić information content (AvgIpc) is 3.17. The van der Waals surface area contributed by atoms with E-state index in [4.69, 9.17) is 0 Å². The molecular weight excluding hydrogens is 376 g/mol. The van der Waals surface area contributed by atoms with E-state index >= 15 is 0 Å². The zero-order valence-corrected chi connectivity index (χ0v) is 22.1. The van der Waals surface area contributed by atoms with E-state index in [1.54, 1.807) is 0 Å². The second kappa shape index (κ2) is 20.0. The molecule has 1 aliphatic heterocycles. The lowest BCUT2D eigenvalue weighted by atomic mass is 10.1. The van der Waals surface area contributed by atoms with Crippen molar-refractivity contribution >= 4 is 0 Å². The second-order valence-electron chi connectivity index (χ2n) is 10.4. The van der Waals surface area contributed by atoms with Crippen LogP contribution in [0.3, 0.4) is 0 Å². The van der Waals surface area contributed by atoms with Crippen molar-refractivity contribution in [3.63, 3.8) is 0 Å². The minimum Gasteiger partial charge on any atom is -0.356 e. The van der Waals surface area contributed by atoms with E-state index in [1.807, 2.05) is 0 Å². The summed E-state index contributed by atoms with van der Waals surface area (Å²) in [7, 11) is 0. The maximum atomic E-state index is 2.63. The molecule has 0 radical (unpaired) electrons. The van der Waals surface area contributed by atoms with Gasteiger partial charge in [0.25, 0.3) is 0 Å². The fourth-order valence-corrected chi connectivity index (χ4v) is 5.10. The Hall–Kier alpha value is -0.660. The van der Waals surface area contributed by atoms with Gasteiger partial charge in [0.05, 0.1) is 0 Å². The van der Waals surface area contributed by atoms with Crippen molar-refractivity contribution in [3.8, 4) is 0 Å². The van der Waals surface area contributed by atoms with Gasteiger partial charge in [-0.3, -0.25) is 0 Å². The molecule has 1 atom stereocenters. The van der Waals surface area contributed by atoms with Crippen molar-refractivity contribution < 1.29 is 0 Å². The van der Waals surface area contributed by atoms with Gasteiger partial charge in [0, 0.05) is 25.5 Å². The second-order valence-corrected chi connectivity index (χ2v) is 10.4. The van der Waals surface area contributed by atoms with Crippen LogP contribution < -0.4 is 0 Å². The molecule has 2 nitrogen and oxygen atoms in total. The third-order valence-electron chi connectivity index (χ3n) is 7.02. The Bertz CT molecular complexity index is 404. The quantitative estimate of drug-likeness (QED) is 0.156. The van der Waals surface area contributed by atoms with E-state index in [0.717, 1.165) is 0 Å². The van der Waals surface area contributed by atoms with Gasteiger partial charge >= 0.3 is 0 Å². The van der Waals surface area contributed by atoms with Crippen LogP contribution in [0.15, 0.2) is 12.4 Å². The van der Waals surface area contributed by atoms with Crippen molar-refractivity contribution in [2.75, 3.05) is 13.1 Å². The third kappa shape index (κ3) is 14.2. The highest BCUT2D eigenvalue weighted by molar-refractivity contribution is 4.98. The first kappa shape index (κ1) is 28.4. The summed E-state index contributed by atoms with van der Waals surface area (Å²) in [4.78, 5) is 5.25. The van der Waals surface area contributed by atoms with Crippen LogP contribution in [-0.2, 0) is 0 Å². The molecule has 0 saturated heterocycles. The van der Waals surface area contributed by atoms with E-state index in [1.165, 1.54) is 135 Å². The average molecular weight is 435 g/mol. The molecule has 0 aromatic rings. The summed E-state index contributed by atoms with van der Waals surface area (Å²) in [6.07, 6.45) is 32.4. The maximum absolute atomic E-state index is 2.63. The summed E-state index contributed by atoms with van der Waals surface area (Å²) in [5.74, 6) is 0.691. The Balaban J connectivity index is 2.06. The third-order valence-corrected chi connectivity index (χ3v) is 7.02. The van der Waals surface area contributed by atoms with E-state index in [2.05, 4.69) is 49.9 Å². The molecule has 0 aromatic heterocycles. The SMILES string of the molecule is CCCCCCCCCCCCCN1C=CN(CCCCCCCCCC)C1C(C)C. The molecule has 0 bridgehead atoms. The molecule has 0 N–H and O–H groups in total. The number of hydrogen-bond donors (Lipinski definition) is 0. The van der Waals surface area contributed by atoms with Gasteiger partial charge in [0.2, 0.25) is 0 Å². The lowest BCUT2D eigenvalue weighted by Crippen LogP contribution is -2.43. The van der Waals surface area contributed by atoms with E-state index < -0.39 is 0 Å². The number of nitrogens with zero attached hydrogens (tertiary/aromatic N) is 2. The van der Waals surface area contributed by atoms with E-state index in [9.17, 15) is 0 Å². The Morgan fingerprint density at radius 3 is 1.06 bits per heavy atom. The molecule has 0 amide bonds. The van der Waals surface area contributed by atoms with Crippen LogP contribution in [0.5, 0.6) is 0 Å². The number of hydrogen-bond acceptors (Lipinski definition) is 2. The predicted molar refractivity (Wildman–Crippen MR) is 140 cm³/mol. The molecule has 2 heteroatoms. The van der Waals surface area contributed by atoms with Crippen molar-refractivity contribution in [2.45, 2.75) is 156 Å². The molecule has 1 heterocycles. The first-order valence-electron chi connectivity index (χ1n) is 14.4. The molecule has 0 saturated carbocycles. The van der Waals surface area contributed by atoms with Gasteiger partial charge in [-0.2, -0.15) is 0 Å². The van der Waals surface area contributed by atoms with Gasteiger partial charge in [-0.25, -0.2) is 0 Å². The van der Waals surface area contributed by atoms with Crippen molar-refractivity contribution in [1.29, 1.82) is 0 Å². The first-order chi connectivity index (χ1) is 15.2. The van der Waals surface area contributed by atoms with Gasteiger partial charge in [-0.05, 0) is 18.8 Å². The maximum Gasteiger partial charge on any atom is 0.103 e. The van der Waals surface area contributed by atoms with Gasteiger partial charge in [-0.15, -0.1) is 0 Å². The zero-order chi connectivity index (χ0) is 22.6. The first-order valence-corrected chi connectivity index (χ1v) is 14.4. The highest BCUT2D eigenvalue weighted by atomic mass is 15.4. The summed E-state index contributed by atoms with van der Waals surface area (Å²) in [6, 6.07) is 0. The van der Waals surface area contributed by atoms with E-state index in [0.29, 0.717) is 12.1 Å². The Morgan fingerprint density at radius 1 is 0.484 bits per heavy atom. The Labute approximate surface area is 197 Å². The molecule has 31 heavy (non-hydrogen) atoms. The number of unbranched alkanes of at least 4 members (excludes halogenated alkanes) is 17. The molecule has 0 aromatic carbocycles. The van der Waals surface area contributed by atoms with Crippen LogP contribution in [0.2, 0.25) is 0 Å². The molecule has 0 aliphatic carbocycles. The van der Waals surface area contributed by atoms with Crippen LogP contribution in [0.25, 0.3) is 0 Å². The topological polar surface area (TPSA) is 6.48 Å². The van der Waals surface area contributed by atoms with Gasteiger partial charge < -0.3 is 9.80 Å². The summed E-state index contributed by atoms with van der Waals surface area (Å²) in [5.41, 5.74) is 0. The van der Waals surface area contributed by atoms with Crippen LogP contribution in [-0.4, -0.2) is 29.1 Å². The monoisotopic (exact) mass is 434 g/mol. The van der Waals surface area contributed by atoms with Crippen molar-refractivity contribution in [3.05, 3.63) is 12.4 Å². The summed E-state index contributed by atoms with van der Waals surface area (Å²) < 4.78 is 0. The van der Waals surface area contributed by atoms with E-state index in [-0.39, 0.29) is 0 Å². The molecular formula is C29H58N2. The molecule has 1 aliphatic rings. The van der Waals surface area contributed by atoms with Gasteiger partial charge in [0.1, 0.15) is 6.17 Å². The standard InChI is InChI=1S/C29H58N2/c1-5-7-9-11-13-15-16-17-19-21-23-25-31-27-26-30(29(31)28(3)4)24-22-20-18-14-12-10-8-6-2/h26-29H,5-25H2,1-4H3. The van der Waals surface area contributed by atoms with Gasteiger partial charge in [0.15, 0.2) is 0 Å². The highest BCUT2D eigenvalue weighted by Gasteiger charge is 2.28. The number of rotatable bonds is 22. The van der Waals surface area contributed by atoms with Crippen LogP contribution in [0, 0.1) is 5.92 Å². The molecule has 1 unspecified atom stereocenters. The summed E-state index contributed by atoms with van der Waals surface area (Å²) in [5, 5.41) is 0. The lowest BCUT2D eigenvalue weighted by Gasteiger charge is -2.36. The molecule has 0 spiro atoms. The zero-order valence-electron chi connectivity index (χ0n) is 22.1. The van der Waals surface area contributed by atoms with Crippen molar-refractivity contribution in [2.24, 2.45) is 5.92 Å². The Kier molecular flexibility index (Phi) is 18.3.